The highest BCUT2D eigenvalue weighted by Gasteiger charge is 2.32. The molecule has 24 heavy (non-hydrogen) atoms. The summed E-state index contributed by atoms with van der Waals surface area (Å²) >= 11 is 12.4. The minimum Gasteiger partial charge on any atom is -0.486 e. The molecule has 0 aliphatic carbocycles. The Morgan fingerprint density at radius 3 is 2.54 bits per heavy atom. The summed E-state index contributed by atoms with van der Waals surface area (Å²) in [4.78, 5) is 23.9. The minimum atomic E-state index is -0.741. The quantitative estimate of drug-likeness (QED) is 0.615. The van der Waals surface area contributed by atoms with Gasteiger partial charge in [0.15, 0.2) is 5.75 Å². The molecule has 2 rings (SSSR count). The first-order valence-corrected chi connectivity index (χ1v) is 7.73. The van der Waals surface area contributed by atoms with Crippen molar-refractivity contribution in [2.75, 3.05) is 13.7 Å². The molecule has 0 spiro atoms. The Hall–Kier alpha value is -2.18. The van der Waals surface area contributed by atoms with Gasteiger partial charge in [0.25, 0.3) is 0 Å². The van der Waals surface area contributed by atoms with Crippen molar-refractivity contribution in [3.63, 3.8) is 0 Å². The maximum atomic E-state index is 12.1. The minimum absolute atomic E-state index is 0.245. The average molecular weight is 371 g/mol. The van der Waals surface area contributed by atoms with Crippen LogP contribution in [0.15, 0.2) is 36.1 Å². The van der Waals surface area contributed by atoms with Gasteiger partial charge in [-0.3, -0.25) is 0 Å². The second kappa shape index (κ2) is 7.59. The smallest absolute Gasteiger partial charge is 0.337 e. The van der Waals surface area contributed by atoms with Gasteiger partial charge in [0, 0.05) is 5.70 Å². The molecule has 1 aliphatic rings. The summed E-state index contributed by atoms with van der Waals surface area (Å²) in [6.07, 6.45) is 1.56. The van der Waals surface area contributed by atoms with E-state index in [9.17, 15) is 9.59 Å². The van der Waals surface area contributed by atoms with Crippen LogP contribution in [0.2, 0.25) is 10.0 Å². The summed E-state index contributed by atoms with van der Waals surface area (Å²) in [7, 11) is 1.27. The first kappa shape index (κ1) is 18.2. The van der Waals surface area contributed by atoms with E-state index in [0.717, 1.165) is 0 Å². The predicted octanol–water partition coefficient (Wildman–Crippen LogP) is 3.36. The highest BCUT2D eigenvalue weighted by Crippen LogP contribution is 2.38. The Balaban J connectivity index is 2.48. The zero-order chi connectivity index (χ0) is 17.9. The molecule has 1 aromatic rings. The van der Waals surface area contributed by atoms with Gasteiger partial charge >= 0.3 is 12.0 Å². The maximum Gasteiger partial charge on any atom is 0.337 e. The SMILES string of the molecule is C=CCOc1c(Cl)cc([C@@H]2NC(=O)NC(C)=C2C(=O)OC)cc1Cl. The van der Waals surface area contributed by atoms with Crippen LogP contribution in [0.1, 0.15) is 18.5 Å². The highest BCUT2D eigenvalue weighted by molar-refractivity contribution is 6.37. The standard InChI is InChI=1S/C16H16Cl2N2O4/c1-4-5-24-14-10(17)6-9(7-11(14)18)13-12(15(21)23-3)8(2)19-16(22)20-13/h4,6-7,13H,1,5H2,2-3H3,(H2,19,20,22)/t13-/m0/s1. The Labute approximate surface area is 149 Å². The zero-order valence-corrected chi connectivity index (χ0v) is 14.6. The summed E-state index contributed by atoms with van der Waals surface area (Å²) in [5.74, 6) is -0.258. The van der Waals surface area contributed by atoms with Crippen molar-refractivity contribution in [2.24, 2.45) is 0 Å². The second-order valence-electron chi connectivity index (χ2n) is 4.98. The van der Waals surface area contributed by atoms with Gasteiger partial charge in [-0.05, 0) is 24.6 Å². The van der Waals surface area contributed by atoms with Gasteiger partial charge < -0.3 is 20.1 Å². The van der Waals surface area contributed by atoms with Crippen LogP contribution in [0.25, 0.3) is 0 Å². The predicted molar refractivity (Wildman–Crippen MR) is 91.3 cm³/mol. The summed E-state index contributed by atoms with van der Waals surface area (Å²) in [5, 5.41) is 5.72. The van der Waals surface area contributed by atoms with Crippen LogP contribution in [-0.2, 0) is 9.53 Å². The van der Waals surface area contributed by atoms with Crippen molar-refractivity contribution in [3.05, 3.63) is 51.7 Å². The third-order valence-electron chi connectivity index (χ3n) is 3.37. The molecule has 0 saturated carbocycles. The largest absolute Gasteiger partial charge is 0.486 e. The maximum absolute atomic E-state index is 12.1. The first-order valence-electron chi connectivity index (χ1n) is 6.98. The van der Waals surface area contributed by atoms with E-state index in [1.807, 2.05) is 0 Å². The number of nitrogens with one attached hydrogen (secondary N) is 2. The molecule has 128 valence electrons. The van der Waals surface area contributed by atoms with E-state index in [1.54, 1.807) is 25.1 Å². The van der Waals surface area contributed by atoms with Gasteiger partial charge in [0.1, 0.15) is 6.61 Å². The molecule has 1 heterocycles. The average Bonchev–Trinajstić information content (AvgIpc) is 2.52. The van der Waals surface area contributed by atoms with Gasteiger partial charge in [-0.25, -0.2) is 9.59 Å². The number of amides is 2. The lowest BCUT2D eigenvalue weighted by atomic mass is 9.95. The number of urea groups is 1. The van der Waals surface area contributed by atoms with Crippen molar-refractivity contribution in [1.29, 1.82) is 0 Å². The molecule has 2 amide bonds. The van der Waals surface area contributed by atoms with Crippen LogP contribution < -0.4 is 15.4 Å². The third-order valence-corrected chi connectivity index (χ3v) is 3.94. The number of benzene rings is 1. The zero-order valence-electron chi connectivity index (χ0n) is 13.1. The van der Waals surface area contributed by atoms with Crippen LogP contribution in [0.4, 0.5) is 4.79 Å². The molecular formula is C16H16Cl2N2O4. The van der Waals surface area contributed by atoms with Crippen molar-refractivity contribution in [1.82, 2.24) is 10.6 Å². The Morgan fingerprint density at radius 2 is 2.00 bits per heavy atom. The van der Waals surface area contributed by atoms with E-state index < -0.39 is 18.0 Å². The topological polar surface area (TPSA) is 76.7 Å². The molecule has 2 N–H and O–H groups in total. The molecule has 0 bridgehead atoms. The van der Waals surface area contributed by atoms with E-state index >= 15 is 0 Å². The van der Waals surface area contributed by atoms with E-state index in [-0.39, 0.29) is 22.2 Å². The molecule has 0 unspecified atom stereocenters. The monoisotopic (exact) mass is 370 g/mol. The summed E-state index contributed by atoms with van der Waals surface area (Å²) in [6, 6.07) is 1.98. The molecule has 0 radical (unpaired) electrons. The normalized spacial score (nSPS) is 17.0. The van der Waals surface area contributed by atoms with Crippen LogP contribution >= 0.6 is 23.2 Å². The van der Waals surface area contributed by atoms with Gasteiger partial charge in [-0.2, -0.15) is 0 Å². The number of allylic oxidation sites excluding steroid dienone is 1. The van der Waals surface area contributed by atoms with Crippen LogP contribution in [0, 0.1) is 0 Å². The molecule has 1 aromatic carbocycles. The van der Waals surface area contributed by atoms with Gasteiger partial charge in [-0.15, -0.1) is 0 Å². The van der Waals surface area contributed by atoms with E-state index in [1.165, 1.54) is 7.11 Å². The second-order valence-corrected chi connectivity index (χ2v) is 5.79. The van der Waals surface area contributed by atoms with Crippen molar-refractivity contribution in [3.8, 4) is 5.75 Å². The summed E-state index contributed by atoms with van der Waals surface area (Å²) in [5.41, 5.74) is 1.20. The summed E-state index contributed by atoms with van der Waals surface area (Å²) < 4.78 is 10.2. The van der Waals surface area contributed by atoms with E-state index in [4.69, 9.17) is 32.7 Å². The van der Waals surface area contributed by atoms with E-state index in [2.05, 4.69) is 17.2 Å². The number of rotatable bonds is 5. The highest BCUT2D eigenvalue weighted by atomic mass is 35.5. The number of carbonyl (C=O) groups is 2. The lowest BCUT2D eigenvalue weighted by molar-refractivity contribution is -0.136. The van der Waals surface area contributed by atoms with Crippen molar-refractivity contribution >= 4 is 35.2 Å². The number of methoxy groups -OCH3 is 1. The Morgan fingerprint density at radius 1 is 1.38 bits per heavy atom. The molecule has 0 aromatic heterocycles. The van der Waals surface area contributed by atoms with Gasteiger partial charge in [0.05, 0.1) is 28.8 Å². The van der Waals surface area contributed by atoms with Gasteiger partial charge in [-0.1, -0.05) is 35.9 Å². The number of hydrogen-bond donors (Lipinski definition) is 2. The fourth-order valence-electron chi connectivity index (χ4n) is 2.35. The molecule has 0 saturated heterocycles. The first-order chi connectivity index (χ1) is 11.4. The number of halogens is 2. The van der Waals surface area contributed by atoms with Crippen LogP contribution in [0.3, 0.4) is 0 Å². The van der Waals surface area contributed by atoms with Crippen molar-refractivity contribution < 1.29 is 19.1 Å². The fraction of sp³-hybridized carbons (Fsp3) is 0.250. The molecule has 6 nitrogen and oxygen atoms in total. The third kappa shape index (κ3) is 3.66. The summed E-state index contributed by atoms with van der Waals surface area (Å²) in [6.45, 7) is 5.42. The van der Waals surface area contributed by atoms with Crippen molar-refractivity contribution in [2.45, 2.75) is 13.0 Å². The molecule has 8 heteroatoms. The van der Waals surface area contributed by atoms with Gasteiger partial charge in [0.2, 0.25) is 0 Å². The lowest BCUT2D eigenvalue weighted by Crippen LogP contribution is -2.45. The van der Waals surface area contributed by atoms with Crippen LogP contribution in [-0.4, -0.2) is 25.7 Å². The molecule has 0 fully saturated rings. The lowest BCUT2D eigenvalue weighted by Gasteiger charge is -2.28. The molecule has 1 atom stereocenters. The number of carbonyl (C=O) groups excluding carboxylic acids is 2. The molecular weight excluding hydrogens is 355 g/mol. The fourth-order valence-corrected chi connectivity index (χ4v) is 2.96. The molecule has 1 aliphatic heterocycles. The Kier molecular flexibility index (Phi) is 5.75. The number of ether oxygens (including phenoxy) is 2. The number of esters is 1. The Bertz CT molecular complexity index is 708. The van der Waals surface area contributed by atoms with Crippen LogP contribution in [0.5, 0.6) is 5.75 Å². The number of hydrogen-bond acceptors (Lipinski definition) is 4. The van der Waals surface area contributed by atoms with E-state index in [0.29, 0.717) is 17.0 Å².